The molecule has 1 amide bonds. The first-order valence-electron chi connectivity index (χ1n) is 9.99. The summed E-state index contributed by atoms with van der Waals surface area (Å²) >= 11 is 0. The van der Waals surface area contributed by atoms with Gasteiger partial charge in [0.2, 0.25) is 0 Å². The second kappa shape index (κ2) is 8.55. The first-order chi connectivity index (χ1) is 15.3. The van der Waals surface area contributed by atoms with Gasteiger partial charge in [0.25, 0.3) is 5.91 Å². The number of alkyl halides is 3. The van der Waals surface area contributed by atoms with Crippen LogP contribution in [0.3, 0.4) is 0 Å². The van der Waals surface area contributed by atoms with E-state index in [-0.39, 0.29) is 30.5 Å². The van der Waals surface area contributed by atoms with E-state index in [1.54, 1.807) is 18.2 Å². The molecule has 3 aromatic carbocycles. The zero-order valence-electron chi connectivity index (χ0n) is 17.2. The molecule has 0 saturated heterocycles. The summed E-state index contributed by atoms with van der Waals surface area (Å²) in [7, 11) is 0. The Hall–Kier alpha value is -3.52. The minimum Gasteiger partial charge on any atom is -0.488 e. The van der Waals surface area contributed by atoms with Crippen LogP contribution >= 0.6 is 0 Å². The van der Waals surface area contributed by atoms with E-state index in [4.69, 9.17) is 4.74 Å². The zero-order valence-corrected chi connectivity index (χ0v) is 17.2. The summed E-state index contributed by atoms with van der Waals surface area (Å²) < 4.78 is 44.2. The average Bonchev–Trinajstić information content (AvgIpc) is 2.78. The smallest absolute Gasteiger partial charge is 0.416 e. The van der Waals surface area contributed by atoms with Crippen LogP contribution in [0.15, 0.2) is 66.7 Å². The van der Waals surface area contributed by atoms with Crippen LogP contribution in [-0.4, -0.2) is 30.3 Å². The SMILES string of the molecule is Cc1ccc(N2c3cccc(C(=O)Nc4ccc(C(F)(F)F)cc4)c3OC[C@@H]2CO)cc1. The lowest BCUT2D eigenvalue weighted by molar-refractivity contribution is -0.137. The summed E-state index contributed by atoms with van der Waals surface area (Å²) in [5.41, 5.74) is 2.25. The van der Waals surface area contributed by atoms with Gasteiger partial charge in [0, 0.05) is 11.4 Å². The van der Waals surface area contributed by atoms with Crippen LogP contribution in [0.4, 0.5) is 30.2 Å². The summed E-state index contributed by atoms with van der Waals surface area (Å²) in [6, 6.07) is 16.8. The Morgan fingerprint density at radius 2 is 1.78 bits per heavy atom. The number of hydrogen-bond donors (Lipinski definition) is 2. The Morgan fingerprint density at radius 1 is 1.09 bits per heavy atom. The third-order valence-electron chi connectivity index (χ3n) is 5.28. The predicted molar refractivity (Wildman–Crippen MR) is 116 cm³/mol. The van der Waals surface area contributed by atoms with E-state index in [1.807, 2.05) is 36.1 Å². The molecule has 0 aliphatic carbocycles. The number of nitrogens with one attached hydrogen (secondary N) is 1. The summed E-state index contributed by atoms with van der Waals surface area (Å²) in [6.07, 6.45) is -4.45. The molecule has 5 nitrogen and oxygen atoms in total. The lowest BCUT2D eigenvalue weighted by Crippen LogP contribution is -2.43. The minimum absolute atomic E-state index is 0.144. The zero-order chi connectivity index (χ0) is 22.9. The van der Waals surface area contributed by atoms with Crippen molar-refractivity contribution in [1.29, 1.82) is 0 Å². The molecule has 0 radical (unpaired) electrons. The molecular formula is C24H21F3N2O3. The number of aryl methyl sites for hydroxylation is 1. The van der Waals surface area contributed by atoms with Gasteiger partial charge in [0.15, 0.2) is 5.75 Å². The van der Waals surface area contributed by atoms with E-state index < -0.39 is 17.6 Å². The number of carbonyl (C=O) groups is 1. The third kappa shape index (κ3) is 4.27. The number of nitrogens with zero attached hydrogens (tertiary/aromatic N) is 1. The molecule has 8 heteroatoms. The first-order valence-corrected chi connectivity index (χ1v) is 9.99. The number of para-hydroxylation sites is 1. The topological polar surface area (TPSA) is 61.8 Å². The maximum atomic E-state index is 12.9. The van der Waals surface area contributed by atoms with E-state index in [0.717, 1.165) is 23.4 Å². The van der Waals surface area contributed by atoms with Gasteiger partial charge in [-0.2, -0.15) is 13.2 Å². The Balaban J connectivity index is 1.65. The van der Waals surface area contributed by atoms with Crippen molar-refractivity contribution in [3.8, 4) is 5.75 Å². The fourth-order valence-electron chi connectivity index (χ4n) is 3.63. The fourth-order valence-corrected chi connectivity index (χ4v) is 3.63. The van der Waals surface area contributed by atoms with Crippen molar-refractivity contribution in [1.82, 2.24) is 0 Å². The van der Waals surface area contributed by atoms with Gasteiger partial charge < -0.3 is 20.1 Å². The molecule has 3 aromatic rings. The molecule has 166 valence electrons. The van der Waals surface area contributed by atoms with Gasteiger partial charge in [-0.25, -0.2) is 0 Å². The Morgan fingerprint density at radius 3 is 2.41 bits per heavy atom. The lowest BCUT2D eigenvalue weighted by atomic mass is 10.1. The number of carbonyl (C=O) groups excluding carboxylic acids is 1. The maximum Gasteiger partial charge on any atom is 0.416 e. The van der Waals surface area contributed by atoms with Gasteiger partial charge in [0.05, 0.1) is 29.5 Å². The molecule has 0 bridgehead atoms. The van der Waals surface area contributed by atoms with Crippen molar-refractivity contribution in [3.05, 3.63) is 83.4 Å². The van der Waals surface area contributed by atoms with Crippen molar-refractivity contribution < 1.29 is 27.8 Å². The standard InChI is InChI=1S/C24H21F3N2O3/c1-15-5-11-18(12-6-15)29-19(13-30)14-32-22-20(3-2-4-21(22)29)23(31)28-17-9-7-16(8-10-17)24(25,26)27/h2-12,19,30H,13-14H2,1H3,(H,28,31)/t19-/m0/s1. The van der Waals surface area contributed by atoms with Gasteiger partial charge >= 0.3 is 6.18 Å². The molecule has 0 unspecified atom stereocenters. The first kappa shape index (κ1) is 21.7. The molecular weight excluding hydrogens is 421 g/mol. The minimum atomic E-state index is -4.45. The predicted octanol–water partition coefficient (Wildman–Crippen LogP) is 5.16. The Kier molecular flexibility index (Phi) is 5.80. The van der Waals surface area contributed by atoms with Gasteiger partial charge in [-0.05, 0) is 55.5 Å². The number of fused-ring (bicyclic) bond motifs is 1. The van der Waals surface area contributed by atoms with Crippen LogP contribution in [-0.2, 0) is 6.18 Å². The number of aliphatic hydroxyl groups excluding tert-OH is 1. The third-order valence-corrected chi connectivity index (χ3v) is 5.28. The van der Waals surface area contributed by atoms with Crippen LogP contribution in [0.25, 0.3) is 0 Å². The number of ether oxygens (including phenoxy) is 1. The average molecular weight is 442 g/mol. The molecule has 4 rings (SSSR count). The molecule has 0 saturated carbocycles. The van der Waals surface area contributed by atoms with E-state index >= 15 is 0 Å². The van der Waals surface area contributed by atoms with Crippen LogP contribution in [0.1, 0.15) is 21.5 Å². The molecule has 1 atom stereocenters. The highest BCUT2D eigenvalue weighted by atomic mass is 19.4. The number of anilines is 3. The van der Waals surface area contributed by atoms with Crippen LogP contribution < -0.4 is 15.0 Å². The largest absolute Gasteiger partial charge is 0.488 e. The van der Waals surface area contributed by atoms with Gasteiger partial charge in [-0.1, -0.05) is 23.8 Å². The summed E-state index contributed by atoms with van der Waals surface area (Å²) in [5.74, 6) is -0.157. The summed E-state index contributed by atoms with van der Waals surface area (Å²) in [5, 5.41) is 12.5. The number of hydrogen-bond acceptors (Lipinski definition) is 4. The van der Waals surface area contributed by atoms with Crippen molar-refractivity contribution in [2.75, 3.05) is 23.4 Å². The summed E-state index contributed by atoms with van der Waals surface area (Å²) in [4.78, 5) is 14.8. The maximum absolute atomic E-state index is 12.9. The number of benzene rings is 3. The molecule has 0 spiro atoms. The van der Waals surface area contributed by atoms with Crippen molar-refractivity contribution in [3.63, 3.8) is 0 Å². The molecule has 1 aliphatic heterocycles. The number of aliphatic hydroxyl groups is 1. The molecule has 32 heavy (non-hydrogen) atoms. The Labute approximate surface area is 183 Å². The monoisotopic (exact) mass is 442 g/mol. The van der Waals surface area contributed by atoms with Crippen LogP contribution in [0.2, 0.25) is 0 Å². The highest BCUT2D eigenvalue weighted by Gasteiger charge is 2.32. The second-order valence-corrected chi connectivity index (χ2v) is 7.54. The van der Waals surface area contributed by atoms with E-state index in [0.29, 0.717) is 11.4 Å². The van der Waals surface area contributed by atoms with Crippen LogP contribution in [0.5, 0.6) is 5.75 Å². The lowest BCUT2D eigenvalue weighted by Gasteiger charge is -2.38. The van der Waals surface area contributed by atoms with Crippen LogP contribution in [0, 0.1) is 6.92 Å². The quantitative estimate of drug-likeness (QED) is 0.586. The normalized spacial score (nSPS) is 15.7. The fraction of sp³-hybridized carbons (Fsp3) is 0.208. The second-order valence-electron chi connectivity index (χ2n) is 7.54. The molecule has 0 fully saturated rings. The van der Waals surface area contributed by atoms with Crippen molar-refractivity contribution in [2.24, 2.45) is 0 Å². The molecule has 1 aliphatic rings. The van der Waals surface area contributed by atoms with Gasteiger partial charge in [-0.3, -0.25) is 4.79 Å². The number of halogens is 3. The van der Waals surface area contributed by atoms with E-state index in [9.17, 15) is 23.1 Å². The number of amides is 1. The number of rotatable bonds is 4. The molecule has 1 heterocycles. The molecule has 2 N–H and O–H groups in total. The van der Waals surface area contributed by atoms with Gasteiger partial charge in [0.1, 0.15) is 6.61 Å². The van der Waals surface area contributed by atoms with E-state index in [1.165, 1.54) is 12.1 Å². The highest BCUT2D eigenvalue weighted by molar-refractivity contribution is 6.07. The van der Waals surface area contributed by atoms with Crippen molar-refractivity contribution >= 4 is 23.0 Å². The Bertz CT molecular complexity index is 1110. The highest BCUT2D eigenvalue weighted by Crippen LogP contribution is 2.41. The van der Waals surface area contributed by atoms with Gasteiger partial charge in [-0.15, -0.1) is 0 Å². The van der Waals surface area contributed by atoms with Crippen molar-refractivity contribution in [2.45, 2.75) is 19.1 Å². The summed E-state index contributed by atoms with van der Waals surface area (Å²) in [6.45, 7) is 2.00. The van der Waals surface area contributed by atoms with E-state index in [2.05, 4.69) is 5.32 Å². The molecule has 0 aromatic heterocycles.